The third-order valence-electron chi connectivity index (χ3n) is 2.99. The Morgan fingerprint density at radius 3 is 2.12 bits per heavy atom. The molecule has 0 spiro atoms. The number of amides is 1. The van der Waals surface area contributed by atoms with Gasteiger partial charge in [0.1, 0.15) is 6.04 Å². The molecular formula is C12H24N2O3. The maximum absolute atomic E-state index is 11.8. The molecule has 0 heterocycles. The van der Waals surface area contributed by atoms with Crippen LogP contribution in [0.4, 0.5) is 0 Å². The molecule has 0 fully saturated rings. The number of hydrogen-bond donors (Lipinski definition) is 3. The van der Waals surface area contributed by atoms with Gasteiger partial charge in [-0.25, -0.2) is 4.79 Å². The molecule has 5 nitrogen and oxygen atoms in total. The van der Waals surface area contributed by atoms with Crippen LogP contribution in [0.15, 0.2) is 0 Å². The van der Waals surface area contributed by atoms with Crippen molar-refractivity contribution in [3.8, 4) is 0 Å². The van der Waals surface area contributed by atoms with Crippen molar-refractivity contribution in [2.24, 2.45) is 17.1 Å². The summed E-state index contributed by atoms with van der Waals surface area (Å²) in [4.78, 5) is 22.9. The van der Waals surface area contributed by atoms with E-state index in [2.05, 4.69) is 5.32 Å². The molecule has 0 bridgehead atoms. The molecule has 0 saturated carbocycles. The van der Waals surface area contributed by atoms with E-state index in [4.69, 9.17) is 10.8 Å². The number of nitrogens with two attached hydrogens (primary N) is 1. The average molecular weight is 244 g/mol. The zero-order valence-corrected chi connectivity index (χ0v) is 11.3. The lowest BCUT2D eigenvalue weighted by atomic mass is 9.86. The summed E-state index contributed by atoms with van der Waals surface area (Å²) in [5.41, 5.74) is 5.39. The van der Waals surface area contributed by atoms with Gasteiger partial charge in [0.2, 0.25) is 5.91 Å². The number of rotatable bonds is 5. The summed E-state index contributed by atoms with van der Waals surface area (Å²) in [5.74, 6) is -1.55. The topological polar surface area (TPSA) is 92.4 Å². The lowest BCUT2D eigenvalue weighted by Gasteiger charge is -2.28. The number of carbonyl (C=O) groups is 2. The predicted molar refractivity (Wildman–Crippen MR) is 66.5 cm³/mol. The minimum Gasteiger partial charge on any atom is -0.480 e. The number of carbonyl (C=O) groups excluding carboxylic acids is 1. The Kier molecular flexibility index (Phi) is 5.61. The van der Waals surface area contributed by atoms with Crippen LogP contribution >= 0.6 is 0 Å². The van der Waals surface area contributed by atoms with Gasteiger partial charge in [0, 0.05) is 0 Å². The van der Waals surface area contributed by atoms with Crippen molar-refractivity contribution in [3.63, 3.8) is 0 Å². The molecule has 100 valence electrons. The van der Waals surface area contributed by atoms with Crippen LogP contribution in [0.3, 0.4) is 0 Å². The van der Waals surface area contributed by atoms with E-state index in [0.29, 0.717) is 6.42 Å². The molecule has 5 heteroatoms. The van der Waals surface area contributed by atoms with E-state index in [1.165, 1.54) is 0 Å². The van der Waals surface area contributed by atoms with Gasteiger partial charge in [-0.2, -0.15) is 0 Å². The third kappa shape index (κ3) is 4.73. The Bertz CT molecular complexity index is 284. The van der Waals surface area contributed by atoms with E-state index in [9.17, 15) is 9.59 Å². The minimum atomic E-state index is -1.02. The SMILES string of the molecule is CCC(C)[C@H](NC(=O)[C@@H](N)C(C)(C)C)C(=O)O. The lowest BCUT2D eigenvalue weighted by molar-refractivity contribution is -0.143. The second-order valence-electron chi connectivity index (χ2n) is 5.55. The summed E-state index contributed by atoms with van der Waals surface area (Å²) in [6, 6.07) is -1.59. The number of carboxylic acids is 1. The molecule has 0 aromatic rings. The van der Waals surface area contributed by atoms with Gasteiger partial charge in [-0.15, -0.1) is 0 Å². The Balaban J connectivity index is 4.68. The van der Waals surface area contributed by atoms with Crippen LogP contribution < -0.4 is 11.1 Å². The zero-order chi connectivity index (χ0) is 13.8. The molecule has 0 aliphatic carbocycles. The molecule has 1 amide bonds. The van der Waals surface area contributed by atoms with Gasteiger partial charge in [-0.05, 0) is 11.3 Å². The lowest BCUT2D eigenvalue weighted by Crippen LogP contribution is -2.54. The number of hydrogen-bond acceptors (Lipinski definition) is 3. The Morgan fingerprint density at radius 2 is 1.82 bits per heavy atom. The summed E-state index contributed by atoms with van der Waals surface area (Å²) < 4.78 is 0. The van der Waals surface area contributed by atoms with Gasteiger partial charge in [0.05, 0.1) is 6.04 Å². The third-order valence-corrected chi connectivity index (χ3v) is 2.99. The Hall–Kier alpha value is -1.10. The van der Waals surface area contributed by atoms with Crippen LogP contribution in [-0.2, 0) is 9.59 Å². The van der Waals surface area contributed by atoms with Crippen LogP contribution in [0.5, 0.6) is 0 Å². The highest BCUT2D eigenvalue weighted by Gasteiger charge is 2.32. The first kappa shape index (κ1) is 15.9. The molecule has 0 saturated heterocycles. The molecule has 3 atom stereocenters. The van der Waals surface area contributed by atoms with Gasteiger partial charge in [0.15, 0.2) is 0 Å². The number of carboxylic acid groups (broad SMARTS) is 1. The molecule has 0 rings (SSSR count). The minimum absolute atomic E-state index is 0.122. The average Bonchev–Trinajstić information content (AvgIpc) is 2.21. The van der Waals surface area contributed by atoms with Crippen LogP contribution in [0.1, 0.15) is 41.0 Å². The van der Waals surface area contributed by atoms with E-state index in [0.717, 1.165) is 0 Å². The van der Waals surface area contributed by atoms with E-state index in [1.807, 2.05) is 27.7 Å². The van der Waals surface area contributed by atoms with Crippen molar-refractivity contribution in [2.45, 2.75) is 53.1 Å². The fourth-order valence-corrected chi connectivity index (χ4v) is 1.32. The van der Waals surface area contributed by atoms with Crippen LogP contribution in [-0.4, -0.2) is 29.1 Å². The maximum atomic E-state index is 11.8. The van der Waals surface area contributed by atoms with Crippen LogP contribution in [0.2, 0.25) is 0 Å². The molecule has 17 heavy (non-hydrogen) atoms. The highest BCUT2D eigenvalue weighted by molar-refractivity contribution is 5.87. The molecule has 4 N–H and O–H groups in total. The molecule has 0 radical (unpaired) electrons. The number of nitrogens with one attached hydrogen (secondary N) is 1. The first-order valence-corrected chi connectivity index (χ1v) is 5.90. The van der Waals surface area contributed by atoms with Crippen molar-refractivity contribution < 1.29 is 14.7 Å². The highest BCUT2D eigenvalue weighted by Crippen LogP contribution is 2.18. The Morgan fingerprint density at radius 1 is 1.35 bits per heavy atom. The van der Waals surface area contributed by atoms with E-state index in [-0.39, 0.29) is 11.3 Å². The summed E-state index contributed by atoms with van der Waals surface area (Å²) in [7, 11) is 0. The Labute approximate surface area is 103 Å². The van der Waals surface area contributed by atoms with Gasteiger partial charge in [0.25, 0.3) is 0 Å². The largest absolute Gasteiger partial charge is 0.480 e. The second kappa shape index (κ2) is 6.00. The smallest absolute Gasteiger partial charge is 0.326 e. The van der Waals surface area contributed by atoms with Gasteiger partial charge >= 0.3 is 5.97 Å². The van der Waals surface area contributed by atoms with E-state index >= 15 is 0 Å². The van der Waals surface area contributed by atoms with Crippen LogP contribution in [0.25, 0.3) is 0 Å². The fraction of sp³-hybridized carbons (Fsp3) is 0.833. The van der Waals surface area contributed by atoms with Gasteiger partial charge < -0.3 is 16.2 Å². The van der Waals surface area contributed by atoms with Crippen molar-refractivity contribution in [1.29, 1.82) is 0 Å². The summed E-state index contributed by atoms with van der Waals surface area (Å²) in [6.07, 6.45) is 0.683. The predicted octanol–water partition coefficient (Wildman–Crippen LogP) is 0.975. The van der Waals surface area contributed by atoms with Gasteiger partial charge in [-0.3, -0.25) is 4.79 Å². The number of aliphatic carboxylic acids is 1. The monoisotopic (exact) mass is 244 g/mol. The molecule has 0 aromatic carbocycles. The van der Waals surface area contributed by atoms with Crippen molar-refractivity contribution in [2.75, 3.05) is 0 Å². The van der Waals surface area contributed by atoms with Crippen LogP contribution in [0, 0.1) is 11.3 Å². The van der Waals surface area contributed by atoms with Crippen molar-refractivity contribution in [3.05, 3.63) is 0 Å². The quantitative estimate of drug-likeness (QED) is 0.672. The molecule has 1 unspecified atom stereocenters. The normalized spacial score (nSPS) is 17.1. The highest BCUT2D eigenvalue weighted by atomic mass is 16.4. The van der Waals surface area contributed by atoms with Crippen molar-refractivity contribution >= 4 is 11.9 Å². The summed E-state index contributed by atoms with van der Waals surface area (Å²) in [5, 5.41) is 11.6. The molecule has 0 aliphatic rings. The summed E-state index contributed by atoms with van der Waals surface area (Å²) in [6.45, 7) is 9.21. The summed E-state index contributed by atoms with van der Waals surface area (Å²) >= 11 is 0. The molecule has 0 aliphatic heterocycles. The molecule has 0 aromatic heterocycles. The zero-order valence-electron chi connectivity index (χ0n) is 11.3. The first-order chi connectivity index (χ1) is 7.61. The maximum Gasteiger partial charge on any atom is 0.326 e. The van der Waals surface area contributed by atoms with Gasteiger partial charge in [-0.1, -0.05) is 41.0 Å². The van der Waals surface area contributed by atoms with Crippen molar-refractivity contribution in [1.82, 2.24) is 5.32 Å². The first-order valence-electron chi connectivity index (χ1n) is 5.90. The fourth-order valence-electron chi connectivity index (χ4n) is 1.32. The standard InChI is InChI=1S/C12H24N2O3/c1-6-7(2)8(11(16)17)14-10(15)9(13)12(3,4)5/h7-9H,6,13H2,1-5H3,(H,14,15)(H,16,17)/t7?,8-,9+/m0/s1. The van der Waals surface area contributed by atoms with E-state index < -0.39 is 24.0 Å². The molecular weight excluding hydrogens is 220 g/mol. The van der Waals surface area contributed by atoms with E-state index in [1.54, 1.807) is 6.92 Å². The second-order valence-corrected chi connectivity index (χ2v) is 5.55.